The number of nitrogens with zero attached hydrogens (tertiary/aromatic N) is 5. The third-order valence-corrected chi connectivity index (χ3v) is 3.86. The first-order valence-corrected chi connectivity index (χ1v) is 8.37. The van der Waals surface area contributed by atoms with Crippen molar-refractivity contribution in [1.82, 2.24) is 20.1 Å². The van der Waals surface area contributed by atoms with Crippen molar-refractivity contribution < 1.29 is 9.09 Å². The van der Waals surface area contributed by atoms with Crippen molar-refractivity contribution in [2.24, 2.45) is 7.05 Å². The van der Waals surface area contributed by atoms with Crippen LogP contribution >= 0.6 is 0 Å². The van der Waals surface area contributed by atoms with E-state index >= 15 is 0 Å². The Bertz CT molecular complexity index is 959. The van der Waals surface area contributed by atoms with Crippen molar-refractivity contribution in [3.8, 4) is 22.8 Å². The number of aryl methyl sites for hydroxylation is 1. The van der Waals surface area contributed by atoms with Crippen LogP contribution in [0, 0.1) is 0 Å². The number of allylic oxidation sites excluding steroid dienone is 4. The first-order valence-electron chi connectivity index (χ1n) is 8.37. The van der Waals surface area contributed by atoms with E-state index in [4.69, 9.17) is 10.3 Å². The fraction of sp³-hybridized carbons (Fsp3) is 0.211. The maximum atomic E-state index is 6.19. The lowest BCUT2D eigenvalue weighted by atomic mass is 10.2. The molecule has 0 fully saturated rings. The van der Waals surface area contributed by atoms with E-state index in [1.807, 2.05) is 50.5 Å². The van der Waals surface area contributed by atoms with Gasteiger partial charge in [0.25, 0.3) is 5.89 Å². The molecule has 7 nitrogen and oxygen atoms in total. The van der Waals surface area contributed by atoms with Gasteiger partial charge in [0.1, 0.15) is 11.9 Å². The molecule has 0 bridgehead atoms. The summed E-state index contributed by atoms with van der Waals surface area (Å²) in [5, 5.41) is 4.07. The van der Waals surface area contributed by atoms with E-state index in [-0.39, 0.29) is 0 Å². The molecule has 0 radical (unpaired) electrons. The molecule has 26 heavy (non-hydrogen) atoms. The summed E-state index contributed by atoms with van der Waals surface area (Å²) < 4.78 is 7.20. The second-order valence-electron chi connectivity index (χ2n) is 5.69. The number of nitrogens with two attached hydrogens (primary N) is 1. The van der Waals surface area contributed by atoms with E-state index in [1.54, 1.807) is 17.0 Å². The maximum Gasteiger partial charge on any atom is 0.302 e. The predicted octanol–water partition coefficient (Wildman–Crippen LogP) is 2.97. The van der Waals surface area contributed by atoms with E-state index in [9.17, 15) is 0 Å². The number of rotatable bonds is 5. The van der Waals surface area contributed by atoms with Gasteiger partial charge in [0.05, 0.1) is 7.05 Å². The van der Waals surface area contributed by atoms with Gasteiger partial charge in [-0.3, -0.25) is 10.7 Å². The van der Waals surface area contributed by atoms with Crippen molar-refractivity contribution in [2.45, 2.75) is 20.3 Å². The summed E-state index contributed by atoms with van der Waals surface area (Å²) in [7, 11) is 1.85. The standard InChI is InChI=1S/C19H20N6O/c1-4-6-8-13(5-2)19-23-18(24-26-19)16-17(20)25(3)12-15(22-16)14-9-7-10-21-11-14/h5-12,20H,4H2,1-3H3/p+1. The Morgan fingerprint density at radius 3 is 2.88 bits per heavy atom. The molecule has 2 N–H and O–H groups in total. The molecule has 0 atom stereocenters. The summed E-state index contributed by atoms with van der Waals surface area (Å²) in [6, 6.07) is 3.79. The number of hydrogen-bond acceptors (Lipinski definition) is 6. The number of aromatic nitrogens is 5. The molecule has 0 aliphatic heterocycles. The highest BCUT2D eigenvalue weighted by Gasteiger charge is 2.21. The first kappa shape index (κ1) is 17.5. The summed E-state index contributed by atoms with van der Waals surface area (Å²) in [5.41, 5.74) is 9.14. The number of hydrogen-bond donors (Lipinski definition) is 1. The lowest BCUT2D eigenvalue weighted by molar-refractivity contribution is -0.656. The van der Waals surface area contributed by atoms with Crippen molar-refractivity contribution in [3.05, 3.63) is 54.8 Å². The molecule has 0 amide bonds. The third kappa shape index (κ3) is 3.51. The lowest BCUT2D eigenvalue weighted by Gasteiger charge is -2.04. The quantitative estimate of drug-likeness (QED) is 0.562. The van der Waals surface area contributed by atoms with Gasteiger partial charge in [0.15, 0.2) is 0 Å². The summed E-state index contributed by atoms with van der Waals surface area (Å²) in [4.78, 5) is 13.2. The molecule has 3 rings (SSSR count). The maximum absolute atomic E-state index is 6.19. The molecule has 0 aromatic carbocycles. The largest absolute Gasteiger partial charge is 0.334 e. The van der Waals surface area contributed by atoms with Crippen LogP contribution in [-0.2, 0) is 7.05 Å². The number of anilines is 1. The van der Waals surface area contributed by atoms with Gasteiger partial charge in [-0.2, -0.15) is 4.98 Å². The molecule has 3 aromatic rings. The normalized spacial score (nSPS) is 12.0. The van der Waals surface area contributed by atoms with Gasteiger partial charge in [-0.15, -0.1) is 0 Å². The Kier molecular flexibility index (Phi) is 5.17. The van der Waals surface area contributed by atoms with Crippen LogP contribution in [0.3, 0.4) is 0 Å². The summed E-state index contributed by atoms with van der Waals surface area (Å²) in [6.45, 7) is 3.99. The van der Waals surface area contributed by atoms with E-state index < -0.39 is 0 Å². The molecular formula is C19H21N6O+. The SMILES string of the molecule is CC=C(C=CCC)c1nc(-c2nc(-c3cccnc3)c[n+](C)c2N)no1. The number of pyridine rings is 1. The fourth-order valence-corrected chi connectivity index (χ4v) is 2.42. The molecule has 0 spiro atoms. The van der Waals surface area contributed by atoms with Gasteiger partial charge >= 0.3 is 5.82 Å². The van der Waals surface area contributed by atoms with E-state index in [1.165, 1.54) is 0 Å². The van der Waals surface area contributed by atoms with E-state index in [0.29, 0.717) is 23.2 Å². The highest BCUT2D eigenvalue weighted by atomic mass is 16.5. The molecule has 132 valence electrons. The lowest BCUT2D eigenvalue weighted by Crippen LogP contribution is -2.33. The highest BCUT2D eigenvalue weighted by Crippen LogP contribution is 2.24. The van der Waals surface area contributed by atoms with Gasteiger partial charge in [-0.05, 0) is 25.5 Å². The average molecular weight is 349 g/mol. The van der Waals surface area contributed by atoms with Crippen LogP contribution in [0.25, 0.3) is 28.3 Å². The Morgan fingerprint density at radius 1 is 1.35 bits per heavy atom. The highest BCUT2D eigenvalue weighted by molar-refractivity contribution is 5.71. The monoisotopic (exact) mass is 349 g/mol. The molecule has 0 saturated heterocycles. The second-order valence-corrected chi connectivity index (χ2v) is 5.69. The van der Waals surface area contributed by atoms with E-state index in [0.717, 1.165) is 23.3 Å². The first-order chi connectivity index (χ1) is 12.6. The van der Waals surface area contributed by atoms with Gasteiger partial charge in [0, 0.05) is 23.5 Å². The fourth-order valence-electron chi connectivity index (χ4n) is 2.42. The topological polar surface area (TPSA) is 94.6 Å². The van der Waals surface area contributed by atoms with Crippen LogP contribution in [0.5, 0.6) is 0 Å². The van der Waals surface area contributed by atoms with Crippen LogP contribution in [0.1, 0.15) is 26.2 Å². The minimum atomic E-state index is 0.350. The summed E-state index contributed by atoms with van der Waals surface area (Å²) >= 11 is 0. The molecule has 0 saturated carbocycles. The van der Waals surface area contributed by atoms with Crippen molar-refractivity contribution >= 4 is 11.4 Å². The Labute approximate surface area is 151 Å². The molecule has 7 heteroatoms. The Balaban J connectivity index is 2.05. The molecule has 0 unspecified atom stereocenters. The van der Waals surface area contributed by atoms with Gasteiger partial charge in [-0.1, -0.05) is 30.3 Å². The van der Waals surface area contributed by atoms with Gasteiger partial charge < -0.3 is 4.52 Å². The summed E-state index contributed by atoms with van der Waals surface area (Å²) in [6.07, 6.45) is 12.2. The van der Waals surface area contributed by atoms with Crippen molar-refractivity contribution in [3.63, 3.8) is 0 Å². The van der Waals surface area contributed by atoms with Gasteiger partial charge in [-0.25, -0.2) is 9.55 Å². The zero-order chi connectivity index (χ0) is 18.5. The summed E-state index contributed by atoms with van der Waals surface area (Å²) in [5.74, 6) is 1.24. The molecule has 3 aromatic heterocycles. The van der Waals surface area contributed by atoms with E-state index in [2.05, 4.69) is 27.0 Å². The van der Waals surface area contributed by atoms with Crippen LogP contribution in [0.15, 0.2) is 53.5 Å². The Hall–Kier alpha value is -3.35. The Morgan fingerprint density at radius 2 is 2.19 bits per heavy atom. The molecular weight excluding hydrogens is 328 g/mol. The third-order valence-electron chi connectivity index (χ3n) is 3.86. The smallest absolute Gasteiger partial charge is 0.302 e. The molecule has 0 aliphatic carbocycles. The second kappa shape index (κ2) is 7.69. The van der Waals surface area contributed by atoms with Crippen LogP contribution in [0.4, 0.5) is 5.82 Å². The predicted molar refractivity (Wildman–Crippen MR) is 99.4 cm³/mol. The van der Waals surface area contributed by atoms with Crippen LogP contribution in [0.2, 0.25) is 0 Å². The zero-order valence-electron chi connectivity index (χ0n) is 15.0. The minimum absolute atomic E-state index is 0.350. The number of nitrogen functional groups attached to an aromatic ring is 1. The van der Waals surface area contributed by atoms with Crippen molar-refractivity contribution in [1.29, 1.82) is 0 Å². The van der Waals surface area contributed by atoms with Crippen molar-refractivity contribution in [2.75, 3.05) is 5.73 Å². The van der Waals surface area contributed by atoms with Crippen LogP contribution < -0.4 is 10.3 Å². The van der Waals surface area contributed by atoms with Crippen LogP contribution in [-0.4, -0.2) is 20.1 Å². The van der Waals surface area contributed by atoms with Gasteiger partial charge in [0.2, 0.25) is 11.5 Å². The average Bonchev–Trinajstić information content (AvgIpc) is 3.15. The molecule has 3 heterocycles. The zero-order valence-corrected chi connectivity index (χ0v) is 15.0. The molecule has 0 aliphatic rings. The minimum Gasteiger partial charge on any atom is -0.334 e.